The van der Waals surface area contributed by atoms with Crippen molar-refractivity contribution in [2.45, 2.75) is 56.0 Å². The highest BCUT2D eigenvalue weighted by Crippen LogP contribution is 2.42. The van der Waals surface area contributed by atoms with E-state index < -0.39 is 51.7 Å². The first-order valence-electron chi connectivity index (χ1n) is 9.34. The molecular weight excluding hydrogens is 416 g/mol. The van der Waals surface area contributed by atoms with Crippen LogP contribution in [0.2, 0.25) is 0 Å². The number of aryl methyl sites for hydroxylation is 1. The second-order valence-corrected chi connectivity index (χ2v) is 9.31. The Hall–Kier alpha value is -2.31. The average molecular weight is 438 g/mol. The smallest absolute Gasteiger partial charge is 0.330 e. The minimum Gasteiger partial charge on any atom is -0.346 e. The third kappa shape index (κ3) is 3.98. The van der Waals surface area contributed by atoms with Crippen LogP contribution in [0.3, 0.4) is 0 Å². The Kier molecular flexibility index (Phi) is 5.19. The molecule has 4 atom stereocenters. The standard InChI is InChI=1S/C19H22N2O8S/c1-11-4-6-12(7-5-11)30(24,25)26-10-13-15-16(29-19(2,3)28-15)17(27-13)21-9-8-14(22)20-18(21)23/h4-9,13,15-17H,10H2,1-3H3,(H,20,22,23)/t13-,15+,16+,17-/m0/s1. The fourth-order valence-corrected chi connectivity index (χ4v) is 4.49. The highest BCUT2D eigenvalue weighted by molar-refractivity contribution is 7.86. The fraction of sp³-hybridized carbons (Fsp3) is 0.474. The van der Waals surface area contributed by atoms with Gasteiger partial charge >= 0.3 is 5.69 Å². The Balaban J connectivity index is 1.57. The molecule has 0 amide bonds. The van der Waals surface area contributed by atoms with Gasteiger partial charge in [0.2, 0.25) is 0 Å². The number of fused-ring (bicyclic) bond motifs is 1. The third-order valence-electron chi connectivity index (χ3n) is 4.95. The summed E-state index contributed by atoms with van der Waals surface area (Å²) < 4.78 is 49.1. The maximum atomic E-state index is 12.5. The van der Waals surface area contributed by atoms with Crippen LogP contribution >= 0.6 is 0 Å². The molecule has 11 heteroatoms. The Labute approximate surface area is 172 Å². The summed E-state index contributed by atoms with van der Waals surface area (Å²) in [5.74, 6) is -0.961. The molecule has 0 unspecified atom stereocenters. The van der Waals surface area contributed by atoms with Crippen molar-refractivity contribution in [2.75, 3.05) is 6.61 Å². The molecule has 2 fully saturated rings. The van der Waals surface area contributed by atoms with Gasteiger partial charge in [0.05, 0.1) is 11.5 Å². The molecule has 0 saturated carbocycles. The van der Waals surface area contributed by atoms with Gasteiger partial charge < -0.3 is 14.2 Å². The summed E-state index contributed by atoms with van der Waals surface area (Å²) in [7, 11) is -4.01. The zero-order valence-corrected chi connectivity index (χ0v) is 17.4. The molecule has 2 aliphatic rings. The number of hydrogen-bond acceptors (Lipinski definition) is 8. The molecule has 1 aromatic heterocycles. The van der Waals surface area contributed by atoms with Gasteiger partial charge in [-0.15, -0.1) is 0 Å². The van der Waals surface area contributed by atoms with Gasteiger partial charge in [0.1, 0.15) is 18.3 Å². The van der Waals surface area contributed by atoms with Crippen LogP contribution < -0.4 is 11.2 Å². The summed E-state index contributed by atoms with van der Waals surface area (Å²) in [4.78, 5) is 25.8. The fourth-order valence-electron chi connectivity index (χ4n) is 3.57. The Morgan fingerprint density at radius 3 is 2.43 bits per heavy atom. The lowest BCUT2D eigenvalue weighted by Crippen LogP contribution is -2.37. The Morgan fingerprint density at radius 2 is 1.77 bits per heavy atom. The number of rotatable bonds is 5. The lowest BCUT2D eigenvalue weighted by molar-refractivity contribution is -0.199. The van der Waals surface area contributed by atoms with E-state index in [1.807, 2.05) is 6.92 Å². The van der Waals surface area contributed by atoms with Crippen LogP contribution in [0.25, 0.3) is 0 Å². The SMILES string of the molecule is Cc1ccc(S(=O)(=O)OC[C@@H]2O[C@H](n3ccc(=O)[nH]c3=O)[C@@H]3OC(C)(C)O[C@@H]32)cc1. The zero-order valence-electron chi connectivity index (χ0n) is 16.6. The van der Waals surface area contributed by atoms with Gasteiger partial charge in [-0.05, 0) is 32.9 Å². The molecule has 0 bridgehead atoms. The van der Waals surface area contributed by atoms with Crippen LogP contribution in [0.5, 0.6) is 0 Å². The molecule has 3 heterocycles. The molecule has 4 rings (SSSR count). The number of benzene rings is 1. The van der Waals surface area contributed by atoms with E-state index in [0.717, 1.165) is 5.56 Å². The number of nitrogens with one attached hydrogen (secondary N) is 1. The van der Waals surface area contributed by atoms with Crippen LogP contribution in [0, 0.1) is 6.92 Å². The number of hydrogen-bond donors (Lipinski definition) is 1. The number of aromatic nitrogens is 2. The second kappa shape index (κ2) is 7.43. The van der Waals surface area contributed by atoms with Gasteiger partial charge in [0.25, 0.3) is 15.7 Å². The molecule has 162 valence electrons. The first kappa shape index (κ1) is 20.9. The summed E-state index contributed by atoms with van der Waals surface area (Å²) in [5, 5.41) is 0. The molecule has 0 spiro atoms. The van der Waals surface area contributed by atoms with Gasteiger partial charge in [-0.2, -0.15) is 8.42 Å². The minimum atomic E-state index is -4.01. The minimum absolute atomic E-state index is 0.0278. The van der Waals surface area contributed by atoms with E-state index in [1.165, 1.54) is 29.0 Å². The molecule has 2 aliphatic heterocycles. The summed E-state index contributed by atoms with van der Waals surface area (Å²) in [6.45, 7) is 4.94. The molecule has 1 N–H and O–H groups in total. The molecule has 0 radical (unpaired) electrons. The number of H-pyrrole nitrogens is 1. The number of aromatic amines is 1. The summed E-state index contributed by atoms with van der Waals surface area (Å²) in [6.07, 6.45) is -1.81. The predicted molar refractivity (Wildman–Crippen MR) is 103 cm³/mol. The van der Waals surface area contributed by atoms with Crippen LogP contribution in [0.15, 0.2) is 51.0 Å². The van der Waals surface area contributed by atoms with Crippen molar-refractivity contribution in [1.82, 2.24) is 9.55 Å². The molecule has 2 aromatic rings. The Morgan fingerprint density at radius 1 is 1.10 bits per heavy atom. The first-order chi connectivity index (χ1) is 14.1. The van der Waals surface area contributed by atoms with Gasteiger partial charge in [-0.3, -0.25) is 18.5 Å². The van der Waals surface area contributed by atoms with Crippen molar-refractivity contribution in [3.05, 3.63) is 62.9 Å². The molecule has 10 nitrogen and oxygen atoms in total. The van der Waals surface area contributed by atoms with Crippen molar-refractivity contribution in [3.8, 4) is 0 Å². The molecule has 30 heavy (non-hydrogen) atoms. The predicted octanol–water partition coefficient (Wildman–Crippen LogP) is 0.668. The quantitative estimate of drug-likeness (QED) is 0.675. The maximum Gasteiger partial charge on any atom is 0.330 e. The van der Waals surface area contributed by atoms with Crippen LogP contribution in [0.4, 0.5) is 0 Å². The van der Waals surface area contributed by atoms with Crippen molar-refractivity contribution in [1.29, 1.82) is 0 Å². The van der Waals surface area contributed by atoms with E-state index >= 15 is 0 Å². The Bertz CT molecular complexity index is 1150. The average Bonchev–Trinajstić information content (AvgIpc) is 3.14. The monoisotopic (exact) mass is 438 g/mol. The van der Waals surface area contributed by atoms with Crippen LogP contribution in [-0.2, 0) is 28.5 Å². The van der Waals surface area contributed by atoms with Crippen molar-refractivity contribution >= 4 is 10.1 Å². The molecular formula is C19H22N2O8S. The largest absolute Gasteiger partial charge is 0.346 e. The first-order valence-corrected chi connectivity index (χ1v) is 10.8. The topological polar surface area (TPSA) is 126 Å². The molecule has 2 saturated heterocycles. The second-order valence-electron chi connectivity index (χ2n) is 7.70. The molecule has 1 aromatic carbocycles. The van der Waals surface area contributed by atoms with Gasteiger partial charge in [0, 0.05) is 12.3 Å². The third-order valence-corrected chi connectivity index (χ3v) is 6.24. The van der Waals surface area contributed by atoms with Crippen LogP contribution in [0.1, 0.15) is 25.6 Å². The van der Waals surface area contributed by atoms with Crippen molar-refractivity contribution in [2.24, 2.45) is 0 Å². The van der Waals surface area contributed by atoms with Crippen molar-refractivity contribution < 1.29 is 26.8 Å². The van der Waals surface area contributed by atoms with E-state index in [9.17, 15) is 18.0 Å². The lowest BCUT2D eigenvalue weighted by atomic mass is 10.1. The highest BCUT2D eigenvalue weighted by Gasteiger charge is 2.56. The number of nitrogens with zero attached hydrogens (tertiary/aromatic N) is 1. The maximum absolute atomic E-state index is 12.5. The highest BCUT2D eigenvalue weighted by atomic mass is 32.2. The normalized spacial score (nSPS) is 27.8. The lowest BCUT2D eigenvalue weighted by Gasteiger charge is -2.24. The molecule has 0 aliphatic carbocycles. The van der Waals surface area contributed by atoms with Gasteiger partial charge in [-0.25, -0.2) is 4.79 Å². The van der Waals surface area contributed by atoms with E-state index in [0.29, 0.717) is 0 Å². The summed E-state index contributed by atoms with van der Waals surface area (Å²) in [6, 6.07) is 7.46. The summed E-state index contributed by atoms with van der Waals surface area (Å²) >= 11 is 0. The van der Waals surface area contributed by atoms with E-state index in [-0.39, 0.29) is 11.5 Å². The van der Waals surface area contributed by atoms with E-state index in [1.54, 1.807) is 26.0 Å². The van der Waals surface area contributed by atoms with Crippen molar-refractivity contribution in [3.63, 3.8) is 0 Å². The summed E-state index contributed by atoms with van der Waals surface area (Å²) in [5.41, 5.74) is -0.295. The zero-order chi connectivity index (χ0) is 21.7. The van der Waals surface area contributed by atoms with Crippen LogP contribution in [-0.4, -0.2) is 48.7 Å². The van der Waals surface area contributed by atoms with E-state index in [2.05, 4.69) is 4.98 Å². The van der Waals surface area contributed by atoms with Gasteiger partial charge in [-0.1, -0.05) is 17.7 Å². The van der Waals surface area contributed by atoms with E-state index in [4.69, 9.17) is 18.4 Å². The number of ether oxygens (including phenoxy) is 3. The van der Waals surface area contributed by atoms with Gasteiger partial charge in [0.15, 0.2) is 12.0 Å².